The number of carboxylic acid groups (broad SMARTS) is 2. The van der Waals surface area contributed by atoms with Gasteiger partial charge >= 0.3 is 0 Å². The van der Waals surface area contributed by atoms with Crippen molar-refractivity contribution in [1.82, 2.24) is 4.98 Å². The van der Waals surface area contributed by atoms with Gasteiger partial charge in [-0.05, 0) is 0 Å². The molecule has 0 aliphatic carbocycles. The topological polar surface area (TPSA) is 96.4 Å². The number of hydrogen-bond donors (Lipinski definition) is 0. The van der Waals surface area contributed by atoms with Crippen LogP contribution in [0.2, 0.25) is 0 Å². The summed E-state index contributed by atoms with van der Waals surface area (Å²) in [5.41, 5.74) is 0. The van der Waals surface area contributed by atoms with Crippen LogP contribution in [-0.4, -0.2) is 30.0 Å². The molecule has 76 valence electrons. The van der Waals surface area contributed by atoms with Crippen molar-refractivity contribution in [1.29, 1.82) is 0 Å². The fourth-order valence-corrected chi connectivity index (χ4v) is 1.52. The number of aliphatic carboxylic acids is 2. The van der Waals surface area contributed by atoms with Gasteiger partial charge in [0.15, 0.2) is 5.13 Å². The van der Waals surface area contributed by atoms with Crippen molar-refractivity contribution in [3.63, 3.8) is 0 Å². The maximum atomic E-state index is 10.3. The monoisotopic (exact) mass is 214 g/mol. The van der Waals surface area contributed by atoms with Crippen molar-refractivity contribution < 1.29 is 19.8 Å². The van der Waals surface area contributed by atoms with Gasteiger partial charge in [0.05, 0.1) is 25.0 Å². The van der Waals surface area contributed by atoms with E-state index in [9.17, 15) is 19.8 Å². The summed E-state index contributed by atoms with van der Waals surface area (Å²) in [5, 5.41) is 22.5. The minimum absolute atomic E-state index is 0.318. The van der Waals surface area contributed by atoms with Gasteiger partial charge in [0, 0.05) is 11.6 Å². The van der Waals surface area contributed by atoms with Crippen molar-refractivity contribution in [3.05, 3.63) is 11.6 Å². The van der Waals surface area contributed by atoms with E-state index in [0.29, 0.717) is 5.13 Å². The summed E-state index contributed by atoms with van der Waals surface area (Å²) < 4.78 is 0. The Bertz CT molecular complexity index is 308. The first-order valence-corrected chi connectivity index (χ1v) is 4.51. The molecule has 1 rings (SSSR count). The molecule has 0 N–H and O–H groups in total. The van der Waals surface area contributed by atoms with Crippen LogP contribution in [0.1, 0.15) is 0 Å². The van der Waals surface area contributed by atoms with Gasteiger partial charge in [-0.15, -0.1) is 11.3 Å². The molecule has 0 radical (unpaired) electrons. The fourth-order valence-electron chi connectivity index (χ4n) is 0.875. The Morgan fingerprint density at radius 3 is 2.29 bits per heavy atom. The zero-order valence-corrected chi connectivity index (χ0v) is 7.82. The molecule has 1 heterocycles. The zero-order valence-electron chi connectivity index (χ0n) is 7.00. The zero-order chi connectivity index (χ0) is 10.6. The molecule has 0 bridgehead atoms. The van der Waals surface area contributed by atoms with E-state index in [1.165, 1.54) is 6.20 Å². The lowest BCUT2D eigenvalue weighted by molar-refractivity contribution is -0.304. The highest BCUT2D eigenvalue weighted by molar-refractivity contribution is 7.13. The molecule has 0 aliphatic rings. The number of hydrogen-bond acceptors (Lipinski definition) is 7. The van der Waals surface area contributed by atoms with Crippen LogP contribution >= 0.6 is 11.3 Å². The maximum absolute atomic E-state index is 10.3. The van der Waals surface area contributed by atoms with Crippen LogP contribution in [0.3, 0.4) is 0 Å². The lowest BCUT2D eigenvalue weighted by Crippen LogP contribution is -2.44. The maximum Gasteiger partial charge on any atom is 0.185 e. The fraction of sp³-hybridized carbons (Fsp3) is 0.286. The number of anilines is 1. The number of carbonyl (C=O) groups excluding carboxylic acids is 2. The Morgan fingerprint density at radius 2 is 1.93 bits per heavy atom. The summed E-state index contributed by atoms with van der Waals surface area (Å²) >= 11 is 1.15. The molecule has 0 unspecified atom stereocenters. The third-order valence-electron chi connectivity index (χ3n) is 1.33. The summed E-state index contributed by atoms with van der Waals surface area (Å²) in [4.78, 5) is 25.4. The molecule has 0 aromatic carbocycles. The third-order valence-corrected chi connectivity index (χ3v) is 2.16. The molecular weight excluding hydrogens is 208 g/mol. The Morgan fingerprint density at radius 1 is 1.36 bits per heavy atom. The van der Waals surface area contributed by atoms with E-state index in [1.807, 2.05) is 0 Å². The number of nitrogens with zero attached hydrogens (tertiary/aromatic N) is 2. The van der Waals surface area contributed by atoms with Gasteiger partial charge in [-0.2, -0.15) is 0 Å². The smallest absolute Gasteiger partial charge is 0.185 e. The van der Waals surface area contributed by atoms with Gasteiger partial charge < -0.3 is 24.7 Å². The van der Waals surface area contributed by atoms with Gasteiger partial charge in [0.25, 0.3) is 0 Å². The number of carbonyl (C=O) groups is 2. The summed E-state index contributed by atoms with van der Waals surface area (Å²) in [6.45, 7) is -1.02. The predicted molar refractivity (Wildman–Crippen MR) is 44.3 cm³/mol. The summed E-state index contributed by atoms with van der Waals surface area (Å²) in [6.07, 6.45) is 1.46. The highest BCUT2D eigenvalue weighted by Crippen LogP contribution is 2.15. The average molecular weight is 214 g/mol. The molecule has 0 amide bonds. The van der Waals surface area contributed by atoms with Crippen molar-refractivity contribution in [2.75, 3.05) is 18.0 Å². The van der Waals surface area contributed by atoms with Crippen molar-refractivity contribution >= 4 is 28.4 Å². The van der Waals surface area contributed by atoms with Crippen LogP contribution in [0.25, 0.3) is 0 Å². The lowest BCUT2D eigenvalue weighted by Gasteiger charge is -2.22. The van der Waals surface area contributed by atoms with E-state index in [4.69, 9.17) is 0 Å². The second-order valence-electron chi connectivity index (χ2n) is 2.41. The van der Waals surface area contributed by atoms with Crippen molar-refractivity contribution in [2.24, 2.45) is 0 Å². The molecule has 1 aromatic rings. The molecule has 0 fully saturated rings. The number of carboxylic acids is 2. The van der Waals surface area contributed by atoms with Gasteiger partial charge in [-0.3, -0.25) is 0 Å². The summed E-state index contributed by atoms with van der Waals surface area (Å²) in [7, 11) is 0. The van der Waals surface area contributed by atoms with Crippen LogP contribution in [0, 0.1) is 0 Å². The highest BCUT2D eigenvalue weighted by Gasteiger charge is 2.08. The van der Waals surface area contributed by atoms with Gasteiger partial charge in [-0.1, -0.05) is 0 Å². The minimum atomic E-state index is -1.36. The summed E-state index contributed by atoms with van der Waals surface area (Å²) in [6, 6.07) is 0. The minimum Gasteiger partial charge on any atom is -0.548 e. The Labute approximate surface area is 83.4 Å². The van der Waals surface area contributed by atoms with Crippen molar-refractivity contribution in [3.8, 4) is 0 Å². The number of thiazole rings is 1. The van der Waals surface area contributed by atoms with E-state index in [0.717, 1.165) is 16.2 Å². The Balaban J connectivity index is 2.71. The first-order chi connectivity index (χ1) is 6.59. The molecule has 0 atom stereocenters. The lowest BCUT2D eigenvalue weighted by atomic mass is 10.5. The molecule has 0 saturated carbocycles. The number of rotatable bonds is 5. The Hall–Kier alpha value is -1.63. The van der Waals surface area contributed by atoms with Crippen LogP contribution in [0.5, 0.6) is 0 Å². The standard InChI is InChI=1S/C7H8N2O4S/c10-5(11)3-9(4-6(12)13)7-8-1-2-14-7/h1-2H,3-4H2,(H,10,11)(H,12,13)/p-2. The normalized spacial score (nSPS) is 9.71. The van der Waals surface area contributed by atoms with Gasteiger partial charge in [0.1, 0.15) is 0 Å². The third kappa shape index (κ3) is 3.02. The molecule has 7 heteroatoms. The van der Waals surface area contributed by atoms with Crippen molar-refractivity contribution in [2.45, 2.75) is 0 Å². The van der Waals surface area contributed by atoms with E-state index in [2.05, 4.69) is 4.98 Å². The van der Waals surface area contributed by atoms with Gasteiger partial charge in [-0.25, -0.2) is 4.98 Å². The average Bonchev–Trinajstić information content (AvgIpc) is 2.52. The molecule has 1 aromatic heterocycles. The molecular formula is C7H6N2O4S-2. The first kappa shape index (κ1) is 10.5. The van der Waals surface area contributed by atoms with Crippen LogP contribution in [0.15, 0.2) is 11.6 Å². The van der Waals surface area contributed by atoms with E-state index < -0.39 is 25.0 Å². The first-order valence-electron chi connectivity index (χ1n) is 3.63. The molecule has 14 heavy (non-hydrogen) atoms. The van der Waals surface area contributed by atoms with E-state index in [-0.39, 0.29) is 0 Å². The molecule has 0 spiro atoms. The van der Waals surface area contributed by atoms with Crippen LogP contribution in [0.4, 0.5) is 5.13 Å². The molecule has 6 nitrogen and oxygen atoms in total. The highest BCUT2D eigenvalue weighted by atomic mass is 32.1. The van der Waals surface area contributed by atoms with E-state index >= 15 is 0 Å². The van der Waals surface area contributed by atoms with Gasteiger partial charge in [0.2, 0.25) is 0 Å². The largest absolute Gasteiger partial charge is 0.548 e. The SMILES string of the molecule is O=C([O-])CN(CC(=O)[O-])c1nccs1. The second kappa shape index (κ2) is 4.56. The van der Waals surface area contributed by atoms with Crippen LogP contribution < -0.4 is 15.1 Å². The van der Waals surface area contributed by atoms with E-state index in [1.54, 1.807) is 5.38 Å². The summed E-state index contributed by atoms with van der Waals surface area (Å²) in [5.74, 6) is -2.72. The molecule has 0 saturated heterocycles. The Kier molecular flexibility index (Phi) is 3.41. The quantitative estimate of drug-likeness (QED) is 0.535. The van der Waals surface area contributed by atoms with Crippen LogP contribution in [-0.2, 0) is 9.59 Å². The molecule has 0 aliphatic heterocycles. The number of aromatic nitrogens is 1. The predicted octanol–water partition coefficient (Wildman–Crippen LogP) is -2.55. The second-order valence-corrected chi connectivity index (χ2v) is 3.29.